The minimum atomic E-state index is -0.999. The summed E-state index contributed by atoms with van der Waals surface area (Å²) in [6, 6.07) is 7.24. The van der Waals surface area contributed by atoms with E-state index in [1.54, 1.807) is 18.2 Å². The molecule has 0 saturated carbocycles. The van der Waals surface area contributed by atoms with Crippen molar-refractivity contribution < 1.29 is 14.6 Å². The molecule has 0 aliphatic carbocycles. The first-order valence-electron chi connectivity index (χ1n) is 6.44. The average molecular weight is 329 g/mol. The minimum Gasteiger partial charge on any atom is -0.465 e. The van der Waals surface area contributed by atoms with Crippen molar-refractivity contribution in [3.63, 3.8) is 0 Å². The first-order valence-corrected chi connectivity index (χ1v) is 7.20. The van der Waals surface area contributed by atoms with Crippen LogP contribution in [0.1, 0.15) is 17.9 Å². The maximum absolute atomic E-state index is 11.2. The van der Waals surface area contributed by atoms with Crippen LogP contribution in [0.15, 0.2) is 18.2 Å². The monoisotopic (exact) mass is 328 g/mol. The molecule has 1 aromatic rings. The lowest BCUT2D eigenvalue weighted by molar-refractivity contribution is 0.0544. The summed E-state index contributed by atoms with van der Waals surface area (Å²) in [7, 11) is 0. The molecule has 1 heterocycles. The Labute approximate surface area is 132 Å². The molecule has 1 amide bonds. The Hall–Kier alpha value is -1.48. The van der Waals surface area contributed by atoms with Gasteiger partial charge < -0.3 is 14.7 Å². The summed E-state index contributed by atoms with van der Waals surface area (Å²) in [6.45, 7) is 0.825. The molecule has 0 unspecified atom stereocenters. The summed E-state index contributed by atoms with van der Waals surface area (Å²) >= 11 is 11.9. The molecule has 1 aliphatic heterocycles. The van der Waals surface area contributed by atoms with Gasteiger partial charge >= 0.3 is 6.09 Å². The molecule has 0 aromatic heterocycles. The number of halogens is 2. The van der Waals surface area contributed by atoms with Crippen molar-refractivity contribution in [3.8, 4) is 6.07 Å². The van der Waals surface area contributed by atoms with Crippen molar-refractivity contribution in [1.82, 2.24) is 4.90 Å². The van der Waals surface area contributed by atoms with Crippen LogP contribution in [0.2, 0.25) is 10.0 Å². The third-order valence-corrected chi connectivity index (χ3v) is 4.23. The van der Waals surface area contributed by atoms with Crippen LogP contribution in [-0.2, 0) is 4.74 Å². The quantitative estimate of drug-likeness (QED) is 0.903. The molecule has 0 radical (unpaired) electrons. The molecule has 1 aliphatic rings. The molecule has 21 heavy (non-hydrogen) atoms. The van der Waals surface area contributed by atoms with E-state index in [4.69, 9.17) is 33.2 Å². The van der Waals surface area contributed by atoms with Crippen LogP contribution in [0.4, 0.5) is 4.79 Å². The highest BCUT2D eigenvalue weighted by molar-refractivity contribution is 6.42. The van der Waals surface area contributed by atoms with E-state index in [0.29, 0.717) is 10.0 Å². The largest absolute Gasteiger partial charge is 0.465 e. The van der Waals surface area contributed by atoms with E-state index in [9.17, 15) is 9.90 Å². The van der Waals surface area contributed by atoms with Crippen LogP contribution in [0.5, 0.6) is 0 Å². The molecule has 2 rings (SSSR count). The van der Waals surface area contributed by atoms with Gasteiger partial charge in [0, 0.05) is 19.0 Å². The van der Waals surface area contributed by atoms with E-state index in [1.165, 1.54) is 4.90 Å². The van der Waals surface area contributed by atoms with Crippen LogP contribution < -0.4 is 0 Å². The molecule has 0 spiro atoms. The average Bonchev–Trinajstić information content (AvgIpc) is 2.65. The van der Waals surface area contributed by atoms with Crippen molar-refractivity contribution >= 4 is 29.3 Å². The SMILES string of the molecule is N#CC[C@@H]1OCCN(C(=O)O)C[C@H]1c1ccc(Cl)c(Cl)c1. The fourth-order valence-electron chi connectivity index (χ4n) is 2.40. The lowest BCUT2D eigenvalue weighted by atomic mass is 9.91. The Bertz CT molecular complexity index is 574. The molecular weight excluding hydrogens is 315 g/mol. The van der Waals surface area contributed by atoms with E-state index in [1.807, 2.05) is 0 Å². The normalized spacial score (nSPS) is 22.4. The maximum atomic E-state index is 11.2. The summed E-state index contributed by atoms with van der Waals surface area (Å²) < 4.78 is 5.66. The van der Waals surface area contributed by atoms with Crippen LogP contribution in [0.25, 0.3) is 0 Å². The number of hydrogen-bond acceptors (Lipinski definition) is 3. The van der Waals surface area contributed by atoms with Crippen molar-refractivity contribution in [1.29, 1.82) is 5.26 Å². The molecule has 1 saturated heterocycles. The van der Waals surface area contributed by atoms with E-state index in [2.05, 4.69) is 6.07 Å². The van der Waals surface area contributed by atoms with Gasteiger partial charge in [-0.05, 0) is 17.7 Å². The van der Waals surface area contributed by atoms with E-state index < -0.39 is 6.09 Å². The number of nitrogens with zero attached hydrogens (tertiary/aromatic N) is 2. The first kappa shape index (κ1) is 15.9. The van der Waals surface area contributed by atoms with Crippen LogP contribution in [-0.4, -0.2) is 41.9 Å². The van der Waals surface area contributed by atoms with Crippen molar-refractivity contribution in [2.45, 2.75) is 18.4 Å². The van der Waals surface area contributed by atoms with Gasteiger partial charge in [0.1, 0.15) is 0 Å². The minimum absolute atomic E-state index is 0.193. The molecule has 1 N–H and O–H groups in total. The number of carboxylic acid groups (broad SMARTS) is 1. The van der Waals surface area contributed by atoms with Crippen molar-refractivity contribution in [3.05, 3.63) is 33.8 Å². The Morgan fingerprint density at radius 2 is 2.24 bits per heavy atom. The number of benzene rings is 1. The zero-order valence-electron chi connectivity index (χ0n) is 11.1. The number of ether oxygens (including phenoxy) is 1. The van der Waals surface area contributed by atoms with Crippen molar-refractivity contribution in [2.24, 2.45) is 0 Å². The summed E-state index contributed by atoms with van der Waals surface area (Å²) in [5, 5.41) is 19.0. The van der Waals surface area contributed by atoms with Crippen molar-refractivity contribution in [2.75, 3.05) is 19.7 Å². The van der Waals surface area contributed by atoms with E-state index >= 15 is 0 Å². The lowest BCUT2D eigenvalue weighted by Gasteiger charge is -2.25. The predicted octanol–water partition coefficient (Wildman–Crippen LogP) is 3.37. The van der Waals surface area contributed by atoms with Crippen LogP contribution in [0, 0.1) is 11.3 Å². The Balaban J connectivity index is 2.33. The molecular formula is C14H14Cl2N2O3. The van der Waals surface area contributed by atoms with E-state index in [-0.39, 0.29) is 38.1 Å². The molecule has 1 aromatic carbocycles. The number of amides is 1. The highest BCUT2D eigenvalue weighted by Crippen LogP contribution is 2.32. The molecule has 1 fully saturated rings. The summed E-state index contributed by atoms with van der Waals surface area (Å²) in [5.41, 5.74) is 0.817. The molecule has 5 nitrogen and oxygen atoms in total. The molecule has 2 atom stereocenters. The van der Waals surface area contributed by atoms with E-state index in [0.717, 1.165) is 5.56 Å². The van der Waals surface area contributed by atoms with Crippen LogP contribution >= 0.6 is 23.2 Å². The van der Waals surface area contributed by atoms with Gasteiger partial charge in [0.15, 0.2) is 0 Å². The van der Waals surface area contributed by atoms with Gasteiger partial charge in [0.05, 0.1) is 35.2 Å². The zero-order valence-corrected chi connectivity index (χ0v) is 12.6. The Morgan fingerprint density at radius 1 is 1.48 bits per heavy atom. The Morgan fingerprint density at radius 3 is 2.86 bits per heavy atom. The number of rotatable bonds is 2. The topological polar surface area (TPSA) is 73.6 Å². The third-order valence-electron chi connectivity index (χ3n) is 3.49. The van der Waals surface area contributed by atoms with Gasteiger partial charge in [-0.1, -0.05) is 29.3 Å². The summed E-state index contributed by atoms with van der Waals surface area (Å²) in [5.74, 6) is -0.252. The van der Waals surface area contributed by atoms with Crippen LogP contribution in [0.3, 0.4) is 0 Å². The highest BCUT2D eigenvalue weighted by Gasteiger charge is 2.31. The number of carbonyl (C=O) groups is 1. The zero-order chi connectivity index (χ0) is 15.4. The van der Waals surface area contributed by atoms with Gasteiger partial charge in [0.25, 0.3) is 0 Å². The summed E-state index contributed by atoms with van der Waals surface area (Å²) in [4.78, 5) is 12.5. The fourth-order valence-corrected chi connectivity index (χ4v) is 2.71. The predicted molar refractivity (Wildman–Crippen MR) is 78.8 cm³/mol. The van der Waals surface area contributed by atoms with Gasteiger partial charge in [-0.25, -0.2) is 4.79 Å². The van der Waals surface area contributed by atoms with Gasteiger partial charge in [-0.2, -0.15) is 5.26 Å². The fraction of sp³-hybridized carbons (Fsp3) is 0.429. The van der Waals surface area contributed by atoms with Gasteiger partial charge in [-0.3, -0.25) is 0 Å². The third kappa shape index (κ3) is 3.79. The molecule has 0 bridgehead atoms. The number of nitriles is 1. The second kappa shape index (κ2) is 6.99. The Kier molecular flexibility index (Phi) is 5.29. The lowest BCUT2D eigenvalue weighted by Crippen LogP contribution is -2.35. The van der Waals surface area contributed by atoms with Gasteiger partial charge in [0.2, 0.25) is 0 Å². The maximum Gasteiger partial charge on any atom is 0.407 e. The second-order valence-corrected chi connectivity index (χ2v) is 5.59. The first-order chi connectivity index (χ1) is 10.0. The van der Waals surface area contributed by atoms with Gasteiger partial charge in [-0.15, -0.1) is 0 Å². The number of hydrogen-bond donors (Lipinski definition) is 1. The summed E-state index contributed by atoms with van der Waals surface area (Å²) in [6.07, 6.45) is -1.17. The standard InChI is InChI=1S/C14H14Cl2N2O3/c15-11-2-1-9(7-12(11)16)10-8-18(14(19)20)5-6-21-13(10)3-4-17/h1-2,7,10,13H,3,5-6,8H2,(H,19,20)/t10-,13-/m0/s1. The molecule has 112 valence electrons. The highest BCUT2D eigenvalue weighted by atomic mass is 35.5. The molecule has 7 heteroatoms. The smallest absolute Gasteiger partial charge is 0.407 e. The second-order valence-electron chi connectivity index (χ2n) is 4.78.